The molecule has 9 heteroatoms. The fourth-order valence-electron chi connectivity index (χ4n) is 4.14. The zero-order valence-corrected chi connectivity index (χ0v) is 17.9. The number of para-hydroxylation sites is 1. The van der Waals surface area contributed by atoms with Crippen LogP contribution in [0.15, 0.2) is 45.6 Å². The lowest BCUT2D eigenvalue weighted by Crippen LogP contribution is -2.28. The van der Waals surface area contributed by atoms with Crippen molar-refractivity contribution in [2.75, 3.05) is 0 Å². The van der Waals surface area contributed by atoms with Gasteiger partial charge in [0.15, 0.2) is 5.69 Å². The molecule has 0 fully saturated rings. The minimum absolute atomic E-state index is 0.162. The Morgan fingerprint density at radius 3 is 3.03 bits per heavy atom. The molecular weight excluding hydrogens is 414 g/mol. The largest absolute Gasteiger partial charge is 0.493 e. The summed E-state index contributed by atoms with van der Waals surface area (Å²) in [6.45, 7) is 3.82. The van der Waals surface area contributed by atoms with Crippen LogP contribution in [0.1, 0.15) is 36.8 Å². The predicted molar refractivity (Wildman–Crippen MR) is 119 cm³/mol. The Balaban J connectivity index is 1.48. The number of aryl methyl sites for hydroxylation is 1. The van der Waals surface area contributed by atoms with Crippen LogP contribution in [0.5, 0.6) is 5.88 Å². The molecule has 0 aliphatic heterocycles. The Hall–Kier alpha value is -3.33. The van der Waals surface area contributed by atoms with Gasteiger partial charge in [0, 0.05) is 10.3 Å². The van der Waals surface area contributed by atoms with E-state index in [0.717, 1.165) is 29.7 Å². The maximum atomic E-state index is 13.2. The molecule has 0 saturated heterocycles. The highest BCUT2D eigenvalue weighted by Gasteiger charge is 2.25. The number of H-pyrrole nitrogens is 1. The number of carbonyl (C=O) groups is 1. The normalized spacial score (nSPS) is 17.4. The van der Waals surface area contributed by atoms with Gasteiger partial charge in [0.1, 0.15) is 10.9 Å². The number of rotatable bonds is 3. The number of aromatic amines is 1. The molecule has 4 aromatic rings. The first-order valence-electron chi connectivity index (χ1n) is 10.2. The van der Waals surface area contributed by atoms with E-state index in [0.29, 0.717) is 22.2 Å². The molecule has 2 N–H and O–H groups in total. The van der Waals surface area contributed by atoms with Crippen LogP contribution in [0.4, 0.5) is 5.69 Å². The molecule has 2 atom stereocenters. The zero-order chi connectivity index (χ0) is 21.7. The van der Waals surface area contributed by atoms with Gasteiger partial charge in [-0.2, -0.15) is 0 Å². The van der Waals surface area contributed by atoms with Crippen molar-refractivity contribution in [2.24, 2.45) is 16.1 Å². The molecule has 1 aromatic carbocycles. The predicted octanol–water partition coefficient (Wildman–Crippen LogP) is 4.64. The van der Waals surface area contributed by atoms with Crippen LogP contribution in [-0.4, -0.2) is 25.5 Å². The summed E-state index contributed by atoms with van der Waals surface area (Å²) < 4.78 is 1.32. The first-order chi connectivity index (χ1) is 14.9. The highest BCUT2D eigenvalue weighted by molar-refractivity contribution is 7.18. The van der Waals surface area contributed by atoms with E-state index in [9.17, 15) is 14.7 Å². The number of hydrogen-bond donors (Lipinski definition) is 2. The van der Waals surface area contributed by atoms with E-state index in [2.05, 4.69) is 27.1 Å². The van der Waals surface area contributed by atoms with Crippen LogP contribution in [-0.2, 0) is 17.6 Å². The van der Waals surface area contributed by atoms with Gasteiger partial charge in [-0.05, 0) is 43.7 Å². The number of azo groups is 1. The summed E-state index contributed by atoms with van der Waals surface area (Å²) in [5.41, 5.74) is 1.74. The van der Waals surface area contributed by atoms with Crippen molar-refractivity contribution in [3.8, 4) is 5.88 Å². The molecule has 1 amide bonds. The standard InChI is InChI=1S/C22H21N5O3S/c1-11-7-8-14-16(9-11)31-21-17(14)22(30)27(10-23-21)12(2)19(28)26-25-18-13-5-3-4-6-15(13)24-20(18)29/h3-6,10-12,24,29H,7-9H2,1-2H3/t11-,12-/m1/s1. The quantitative estimate of drug-likeness (QED) is 0.456. The molecule has 8 nitrogen and oxygen atoms in total. The van der Waals surface area contributed by atoms with Crippen LogP contribution in [0.25, 0.3) is 21.1 Å². The summed E-state index contributed by atoms with van der Waals surface area (Å²) in [7, 11) is 0. The van der Waals surface area contributed by atoms with Gasteiger partial charge in [-0.3, -0.25) is 14.2 Å². The van der Waals surface area contributed by atoms with E-state index in [4.69, 9.17) is 0 Å². The molecule has 0 radical (unpaired) electrons. The van der Waals surface area contributed by atoms with Gasteiger partial charge < -0.3 is 10.1 Å². The number of fused-ring (bicyclic) bond motifs is 4. The lowest BCUT2D eigenvalue weighted by molar-refractivity contribution is -0.121. The third-order valence-electron chi connectivity index (χ3n) is 5.92. The highest BCUT2D eigenvalue weighted by Crippen LogP contribution is 2.36. The number of carbonyl (C=O) groups excluding carboxylic acids is 1. The molecule has 1 aliphatic carbocycles. The van der Waals surface area contributed by atoms with Gasteiger partial charge in [-0.15, -0.1) is 21.6 Å². The molecule has 1 aliphatic rings. The number of hydrogen-bond acceptors (Lipinski definition) is 6. The molecule has 0 unspecified atom stereocenters. The average Bonchev–Trinajstić information content (AvgIpc) is 3.28. The van der Waals surface area contributed by atoms with Gasteiger partial charge >= 0.3 is 0 Å². The van der Waals surface area contributed by atoms with Crippen LogP contribution in [0, 0.1) is 5.92 Å². The summed E-state index contributed by atoms with van der Waals surface area (Å²) in [4.78, 5) is 35.1. The van der Waals surface area contributed by atoms with Crippen LogP contribution in [0.3, 0.4) is 0 Å². The first-order valence-corrected chi connectivity index (χ1v) is 11.0. The summed E-state index contributed by atoms with van der Waals surface area (Å²) in [6.07, 6.45) is 4.28. The van der Waals surface area contributed by atoms with E-state index >= 15 is 0 Å². The Bertz CT molecular complexity index is 1410. The van der Waals surface area contributed by atoms with Gasteiger partial charge in [0.25, 0.3) is 11.5 Å². The van der Waals surface area contributed by atoms with E-state index in [1.54, 1.807) is 30.4 Å². The third-order valence-corrected chi connectivity index (χ3v) is 7.09. The maximum absolute atomic E-state index is 13.2. The number of benzene rings is 1. The molecule has 158 valence electrons. The van der Waals surface area contributed by atoms with Crippen molar-refractivity contribution < 1.29 is 9.90 Å². The molecule has 0 bridgehead atoms. The summed E-state index contributed by atoms with van der Waals surface area (Å²) >= 11 is 1.58. The molecule has 3 heterocycles. The monoisotopic (exact) mass is 435 g/mol. The fourth-order valence-corrected chi connectivity index (χ4v) is 5.48. The molecule has 5 rings (SSSR count). The van der Waals surface area contributed by atoms with Crippen molar-refractivity contribution >= 4 is 44.1 Å². The van der Waals surface area contributed by atoms with Gasteiger partial charge in [0.05, 0.1) is 17.2 Å². The Morgan fingerprint density at radius 1 is 1.39 bits per heavy atom. The van der Waals surface area contributed by atoms with E-state index in [-0.39, 0.29) is 17.1 Å². The maximum Gasteiger partial charge on any atom is 0.287 e. The van der Waals surface area contributed by atoms with Crippen molar-refractivity contribution in [3.05, 3.63) is 51.4 Å². The van der Waals surface area contributed by atoms with Crippen molar-refractivity contribution in [2.45, 2.75) is 39.2 Å². The van der Waals surface area contributed by atoms with Crippen LogP contribution >= 0.6 is 11.3 Å². The van der Waals surface area contributed by atoms with Gasteiger partial charge in [-0.25, -0.2) is 4.98 Å². The topological polar surface area (TPSA) is 113 Å². The molecule has 0 spiro atoms. The number of aromatic hydroxyl groups is 1. The zero-order valence-electron chi connectivity index (χ0n) is 17.1. The highest BCUT2D eigenvalue weighted by atomic mass is 32.1. The second-order valence-electron chi connectivity index (χ2n) is 8.07. The Morgan fingerprint density at radius 2 is 2.19 bits per heavy atom. The van der Waals surface area contributed by atoms with Crippen molar-refractivity contribution in [1.29, 1.82) is 0 Å². The van der Waals surface area contributed by atoms with Crippen LogP contribution in [0.2, 0.25) is 0 Å². The molecular formula is C22H21N5O3S. The Labute approximate surface area is 181 Å². The van der Waals surface area contributed by atoms with E-state index < -0.39 is 11.9 Å². The second-order valence-corrected chi connectivity index (χ2v) is 9.15. The second kappa shape index (κ2) is 7.42. The minimum atomic E-state index is -0.862. The van der Waals surface area contributed by atoms with E-state index in [1.807, 2.05) is 12.1 Å². The van der Waals surface area contributed by atoms with E-state index in [1.165, 1.54) is 15.8 Å². The SMILES string of the molecule is C[C@@H]1CCc2c(sc3ncn([C@H](C)C(=O)N=Nc4c(O)[nH]c5ccccc45)c(=O)c23)C1. The minimum Gasteiger partial charge on any atom is -0.493 e. The Kier molecular flexibility index (Phi) is 4.70. The number of aromatic nitrogens is 3. The number of amides is 1. The third kappa shape index (κ3) is 3.25. The molecule has 3 aromatic heterocycles. The first kappa shape index (κ1) is 19.6. The average molecular weight is 436 g/mol. The number of nitrogens with one attached hydrogen (secondary N) is 1. The summed E-state index contributed by atoms with van der Waals surface area (Å²) in [5, 5.41) is 19.1. The number of nitrogens with zero attached hydrogens (tertiary/aromatic N) is 4. The lowest BCUT2D eigenvalue weighted by Gasteiger charge is -2.17. The molecule has 0 saturated carbocycles. The number of thiophene rings is 1. The van der Waals surface area contributed by atoms with Gasteiger partial charge in [0.2, 0.25) is 5.88 Å². The fraction of sp³-hybridized carbons (Fsp3) is 0.318. The summed E-state index contributed by atoms with van der Waals surface area (Å²) in [5.74, 6) is -0.153. The van der Waals surface area contributed by atoms with Crippen molar-refractivity contribution in [3.63, 3.8) is 0 Å². The van der Waals surface area contributed by atoms with Gasteiger partial charge in [-0.1, -0.05) is 25.1 Å². The van der Waals surface area contributed by atoms with Crippen molar-refractivity contribution in [1.82, 2.24) is 14.5 Å². The van der Waals surface area contributed by atoms with Crippen LogP contribution < -0.4 is 5.56 Å². The smallest absolute Gasteiger partial charge is 0.287 e. The lowest BCUT2D eigenvalue weighted by atomic mass is 9.89. The summed E-state index contributed by atoms with van der Waals surface area (Å²) in [6, 6.07) is 6.34. The molecule has 31 heavy (non-hydrogen) atoms.